The Labute approximate surface area is 185 Å². The largest absolute Gasteiger partial charge is 0.490 e. The predicted molar refractivity (Wildman–Crippen MR) is 115 cm³/mol. The van der Waals surface area contributed by atoms with Gasteiger partial charge in [-0.2, -0.15) is 0 Å². The second kappa shape index (κ2) is 8.00. The Morgan fingerprint density at radius 1 is 1.12 bits per heavy atom. The second-order valence-corrected chi connectivity index (χ2v) is 9.34. The van der Waals surface area contributed by atoms with Crippen LogP contribution >= 0.6 is 0 Å². The first kappa shape index (κ1) is 21.1. The van der Waals surface area contributed by atoms with Crippen molar-refractivity contribution in [2.24, 2.45) is 11.8 Å². The summed E-state index contributed by atoms with van der Waals surface area (Å²) in [5.74, 6) is -1.02. The summed E-state index contributed by atoms with van der Waals surface area (Å²) in [5.41, 5.74) is 0.955. The number of halogens is 2. The quantitative estimate of drug-likeness (QED) is 0.640. The molecule has 0 bridgehead atoms. The molecule has 1 unspecified atom stereocenters. The zero-order valence-electron chi connectivity index (χ0n) is 17.6. The van der Waals surface area contributed by atoms with Crippen molar-refractivity contribution in [1.29, 1.82) is 0 Å². The van der Waals surface area contributed by atoms with E-state index < -0.39 is 29.1 Å². The van der Waals surface area contributed by atoms with E-state index in [-0.39, 0.29) is 23.5 Å². The molecule has 32 heavy (non-hydrogen) atoms. The van der Waals surface area contributed by atoms with E-state index >= 15 is 0 Å². The van der Waals surface area contributed by atoms with Crippen molar-refractivity contribution in [2.75, 3.05) is 0 Å². The van der Waals surface area contributed by atoms with Crippen LogP contribution in [-0.2, 0) is 11.8 Å². The molecule has 3 aliphatic rings. The maximum absolute atomic E-state index is 14.3. The maximum atomic E-state index is 14.3. The Morgan fingerprint density at radius 2 is 1.94 bits per heavy atom. The lowest BCUT2D eigenvalue weighted by molar-refractivity contribution is 0.0695. The molecule has 2 fully saturated rings. The minimum Gasteiger partial charge on any atom is -0.490 e. The van der Waals surface area contributed by atoms with Crippen molar-refractivity contribution in [2.45, 2.75) is 56.1 Å². The molecule has 2 aromatic carbocycles. The van der Waals surface area contributed by atoms with E-state index in [1.165, 1.54) is 12.1 Å². The van der Waals surface area contributed by atoms with Crippen molar-refractivity contribution in [3.8, 4) is 5.75 Å². The number of aryl methyl sites for hydroxylation is 1. The number of aromatic carboxylic acids is 1. The van der Waals surface area contributed by atoms with Crippen molar-refractivity contribution >= 4 is 5.97 Å². The van der Waals surface area contributed by atoms with Crippen molar-refractivity contribution < 1.29 is 28.5 Å². The molecule has 4 nitrogen and oxygen atoms in total. The Hall–Kier alpha value is -2.73. The smallest absolute Gasteiger partial charge is 0.335 e. The summed E-state index contributed by atoms with van der Waals surface area (Å²) < 4.78 is 33.9. The average Bonchev–Trinajstić information content (AvgIpc) is 3.51. The molecule has 0 spiro atoms. The first-order chi connectivity index (χ1) is 15.4. The fraction of sp³-hybridized carbons (Fsp3) is 0.423. The summed E-state index contributed by atoms with van der Waals surface area (Å²) in [6.07, 6.45) is 7.86. The molecule has 0 aromatic heterocycles. The Bertz CT molecular complexity index is 1080. The SMILES string of the molecule is O=C(O)c1ccc2c(c1)O[C@H]1CC[C@H](/C=C/C(O)C3(c4ccc(F)cc4F)CC3)[C@H]1CC2. The van der Waals surface area contributed by atoms with Crippen LogP contribution in [0.15, 0.2) is 48.6 Å². The Kier molecular flexibility index (Phi) is 5.28. The van der Waals surface area contributed by atoms with Gasteiger partial charge in [0.25, 0.3) is 0 Å². The minimum absolute atomic E-state index is 0.0107. The van der Waals surface area contributed by atoms with Crippen LogP contribution in [0.5, 0.6) is 5.75 Å². The number of carboxylic acids is 1. The second-order valence-electron chi connectivity index (χ2n) is 9.34. The number of carbonyl (C=O) groups is 1. The summed E-state index contributed by atoms with van der Waals surface area (Å²) in [5, 5.41) is 20.2. The standard InChI is InChI=1S/C26H26F2O4/c27-18-6-8-20(21(28)14-18)26(11-12-26)24(29)10-5-15-4-9-22-19(15)7-3-16-1-2-17(25(30)31)13-23(16)32-22/h1-2,5-6,8,10,13-15,19,22,24,29H,3-4,7,9,11-12H2,(H,30,31)/b10-5+/t15-,19-,22+,24?/m1/s1. The van der Waals surface area contributed by atoms with E-state index in [4.69, 9.17) is 4.74 Å². The number of hydrogen-bond donors (Lipinski definition) is 2. The fourth-order valence-corrected chi connectivity index (χ4v) is 5.52. The molecular weight excluding hydrogens is 414 g/mol. The van der Waals surface area contributed by atoms with E-state index in [1.807, 2.05) is 12.1 Å². The number of rotatable bonds is 5. The molecule has 5 rings (SSSR count). The summed E-state index contributed by atoms with van der Waals surface area (Å²) in [4.78, 5) is 11.3. The van der Waals surface area contributed by atoms with Gasteiger partial charge in [0.1, 0.15) is 23.5 Å². The summed E-state index contributed by atoms with van der Waals surface area (Å²) in [6.45, 7) is 0. The van der Waals surface area contributed by atoms with Gasteiger partial charge in [0, 0.05) is 17.4 Å². The monoisotopic (exact) mass is 440 g/mol. The molecule has 2 saturated carbocycles. The summed E-state index contributed by atoms with van der Waals surface area (Å²) in [7, 11) is 0. The average molecular weight is 440 g/mol. The van der Waals surface area contributed by atoms with Gasteiger partial charge in [-0.05, 0) is 73.8 Å². The number of aliphatic hydroxyl groups excluding tert-OH is 1. The van der Waals surface area contributed by atoms with Crippen LogP contribution < -0.4 is 4.74 Å². The first-order valence-corrected chi connectivity index (χ1v) is 11.2. The zero-order valence-corrected chi connectivity index (χ0v) is 17.6. The molecule has 1 heterocycles. The molecule has 2 N–H and O–H groups in total. The highest BCUT2D eigenvalue weighted by molar-refractivity contribution is 5.88. The lowest BCUT2D eigenvalue weighted by Crippen LogP contribution is -2.26. The third-order valence-electron chi connectivity index (χ3n) is 7.51. The number of hydrogen-bond acceptors (Lipinski definition) is 3. The molecule has 2 aromatic rings. The number of carboxylic acid groups (broad SMARTS) is 1. The van der Waals surface area contributed by atoms with Gasteiger partial charge in [-0.15, -0.1) is 0 Å². The Balaban J connectivity index is 1.30. The number of benzene rings is 2. The van der Waals surface area contributed by atoms with E-state index in [0.29, 0.717) is 24.2 Å². The Morgan fingerprint density at radius 3 is 2.66 bits per heavy atom. The number of ether oxygens (including phenoxy) is 1. The summed E-state index contributed by atoms with van der Waals surface area (Å²) in [6, 6.07) is 8.63. The third-order valence-corrected chi connectivity index (χ3v) is 7.51. The normalized spacial score (nSPS) is 26.7. The van der Waals surface area contributed by atoms with Crippen LogP contribution in [0.25, 0.3) is 0 Å². The number of aliphatic hydroxyl groups is 1. The molecule has 6 heteroatoms. The molecule has 1 aliphatic heterocycles. The highest BCUT2D eigenvalue weighted by atomic mass is 19.1. The molecule has 0 amide bonds. The van der Waals surface area contributed by atoms with Crippen LogP contribution in [0.2, 0.25) is 0 Å². The highest BCUT2D eigenvalue weighted by Gasteiger charge is 2.51. The molecule has 0 saturated heterocycles. The van der Waals surface area contributed by atoms with Crippen LogP contribution in [0.4, 0.5) is 8.78 Å². The van der Waals surface area contributed by atoms with Crippen LogP contribution in [-0.4, -0.2) is 28.4 Å². The van der Waals surface area contributed by atoms with Gasteiger partial charge in [0.2, 0.25) is 0 Å². The lowest BCUT2D eigenvalue weighted by atomic mass is 9.86. The van der Waals surface area contributed by atoms with Gasteiger partial charge in [0.05, 0.1) is 11.7 Å². The van der Waals surface area contributed by atoms with Gasteiger partial charge in [-0.25, -0.2) is 13.6 Å². The van der Waals surface area contributed by atoms with Gasteiger partial charge < -0.3 is 14.9 Å². The lowest BCUT2D eigenvalue weighted by Gasteiger charge is -2.23. The van der Waals surface area contributed by atoms with Crippen LogP contribution in [0.1, 0.15) is 53.6 Å². The zero-order chi connectivity index (χ0) is 22.5. The molecule has 4 atom stereocenters. The van der Waals surface area contributed by atoms with E-state index in [2.05, 4.69) is 0 Å². The fourth-order valence-electron chi connectivity index (χ4n) is 5.52. The van der Waals surface area contributed by atoms with E-state index in [1.54, 1.807) is 18.2 Å². The third kappa shape index (κ3) is 3.71. The first-order valence-electron chi connectivity index (χ1n) is 11.2. The molecule has 2 aliphatic carbocycles. The van der Waals surface area contributed by atoms with Crippen LogP contribution in [0, 0.1) is 23.5 Å². The molecule has 0 radical (unpaired) electrons. The van der Waals surface area contributed by atoms with Crippen molar-refractivity contribution in [1.82, 2.24) is 0 Å². The number of fused-ring (bicyclic) bond motifs is 2. The van der Waals surface area contributed by atoms with Crippen molar-refractivity contribution in [3.63, 3.8) is 0 Å². The van der Waals surface area contributed by atoms with Gasteiger partial charge in [-0.3, -0.25) is 0 Å². The summed E-state index contributed by atoms with van der Waals surface area (Å²) >= 11 is 0. The number of allylic oxidation sites excluding steroid dienone is 1. The molecular formula is C26H26F2O4. The van der Waals surface area contributed by atoms with Gasteiger partial charge >= 0.3 is 5.97 Å². The minimum atomic E-state index is -0.968. The highest BCUT2D eigenvalue weighted by Crippen LogP contribution is 2.52. The predicted octanol–water partition coefficient (Wildman–Crippen LogP) is 5.03. The topological polar surface area (TPSA) is 66.8 Å². The van der Waals surface area contributed by atoms with Crippen LogP contribution in [0.3, 0.4) is 0 Å². The van der Waals surface area contributed by atoms with Gasteiger partial charge in [0.15, 0.2) is 0 Å². The van der Waals surface area contributed by atoms with E-state index in [0.717, 1.165) is 37.3 Å². The van der Waals surface area contributed by atoms with E-state index in [9.17, 15) is 23.8 Å². The molecule has 168 valence electrons. The maximum Gasteiger partial charge on any atom is 0.335 e. The van der Waals surface area contributed by atoms with Crippen molar-refractivity contribution in [3.05, 3.63) is 76.9 Å². The van der Waals surface area contributed by atoms with Gasteiger partial charge in [-0.1, -0.05) is 24.3 Å².